The molecule has 0 N–H and O–H groups in total. The lowest BCUT2D eigenvalue weighted by atomic mass is 10.1. The zero-order valence-electron chi connectivity index (χ0n) is 11.6. The van der Waals surface area contributed by atoms with Crippen LogP contribution in [-0.4, -0.2) is 15.8 Å². The summed E-state index contributed by atoms with van der Waals surface area (Å²) in [6.07, 6.45) is 1.10. The Morgan fingerprint density at radius 3 is 2.42 bits per heavy atom. The summed E-state index contributed by atoms with van der Waals surface area (Å²) >= 11 is 0. The van der Waals surface area contributed by atoms with Gasteiger partial charge in [-0.15, -0.1) is 0 Å². The smallest absolute Gasteiger partial charge is 0.130 e. The average molecular weight is 254 g/mol. The molecular formula is C16H18N2O. The highest BCUT2D eigenvalue weighted by Gasteiger charge is 2.05. The van der Waals surface area contributed by atoms with Gasteiger partial charge in [-0.05, 0) is 26.8 Å². The van der Waals surface area contributed by atoms with Gasteiger partial charge in [-0.25, -0.2) is 9.97 Å². The van der Waals surface area contributed by atoms with Gasteiger partial charge < -0.3 is 4.79 Å². The molecule has 1 aromatic heterocycles. The highest BCUT2D eigenvalue weighted by molar-refractivity contribution is 5.75. The lowest BCUT2D eigenvalue weighted by molar-refractivity contribution is -0.117. The zero-order chi connectivity index (χ0) is 13.8. The standard InChI is InChI=1S/C16H18N2O/c1-11-4-7-14(8-5-11)15-10-12(2)17-16(18-15)9-6-13(3)19/h4-5,7-8,10H,6,9H2,1-3H3. The normalized spacial score (nSPS) is 10.5. The van der Waals surface area contributed by atoms with Crippen LogP contribution in [0.3, 0.4) is 0 Å². The summed E-state index contributed by atoms with van der Waals surface area (Å²) in [4.78, 5) is 20.0. The molecule has 0 fully saturated rings. The maximum Gasteiger partial charge on any atom is 0.130 e. The minimum absolute atomic E-state index is 0.169. The summed E-state index contributed by atoms with van der Waals surface area (Å²) in [6.45, 7) is 5.61. The van der Waals surface area contributed by atoms with E-state index in [-0.39, 0.29) is 5.78 Å². The van der Waals surface area contributed by atoms with E-state index in [1.807, 2.05) is 13.0 Å². The van der Waals surface area contributed by atoms with Crippen LogP contribution in [0.1, 0.15) is 30.4 Å². The zero-order valence-corrected chi connectivity index (χ0v) is 11.6. The predicted octanol–water partition coefficient (Wildman–Crippen LogP) is 3.28. The van der Waals surface area contributed by atoms with Crippen LogP contribution in [0.15, 0.2) is 30.3 Å². The number of carbonyl (C=O) groups excluding carboxylic acids is 1. The topological polar surface area (TPSA) is 42.9 Å². The third-order valence-corrected chi connectivity index (χ3v) is 2.95. The quantitative estimate of drug-likeness (QED) is 0.841. The molecule has 0 spiro atoms. The Balaban J connectivity index is 2.30. The van der Waals surface area contributed by atoms with Gasteiger partial charge >= 0.3 is 0 Å². The summed E-state index contributed by atoms with van der Waals surface area (Å²) in [7, 11) is 0. The highest BCUT2D eigenvalue weighted by Crippen LogP contribution is 2.18. The maximum absolute atomic E-state index is 11.0. The van der Waals surface area contributed by atoms with Gasteiger partial charge in [0.05, 0.1) is 5.69 Å². The summed E-state index contributed by atoms with van der Waals surface area (Å²) in [6, 6.07) is 10.2. The van der Waals surface area contributed by atoms with Crippen molar-refractivity contribution in [1.82, 2.24) is 9.97 Å². The van der Waals surface area contributed by atoms with Gasteiger partial charge in [-0.1, -0.05) is 29.8 Å². The maximum atomic E-state index is 11.0. The number of ketones is 1. The Morgan fingerprint density at radius 1 is 1.11 bits per heavy atom. The van der Waals surface area contributed by atoms with Crippen LogP contribution >= 0.6 is 0 Å². The van der Waals surface area contributed by atoms with Crippen molar-refractivity contribution in [2.45, 2.75) is 33.6 Å². The second-order valence-electron chi connectivity index (χ2n) is 4.88. The Hall–Kier alpha value is -2.03. The van der Waals surface area contributed by atoms with E-state index in [1.165, 1.54) is 5.56 Å². The summed E-state index contributed by atoms with van der Waals surface area (Å²) in [5.41, 5.74) is 4.17. The van der Waals surface area contributed by atoms with Gasteiger partial charge in [-0.3, -0.25) is 0 Å². The second-order valence-corrected chi connectivity index (χ2v) is 4.88. The van der Waals surface area contributed by atoms with Gasteiger partial charge in [0.1, 0.15) is 11.6 Å². The number of hydrogen-bond acceptors (Lipinski definition) is 3. The van der Waals surface area contributed by atoms with Crippen molar-refractivity contribution in [3.8, 4) is 11.3 Å². The SMILES string of the molecule is CC(=O)CCc1nc(C)cc(-c2ccc(C)cc2)n1. The molecule has 2 aromatic rings. The van der Waals surface area contributed by atoms with E-state index in [1.54, 1.807) is 6.92 Å². The first kappa shape index (κ1) is 13.4. The van der Waals surface area contributed by atoms with E-state index in [9.17, 15) is 4.79 Å². The monoisotopic (exact) mass is 254 g/mol. The Labute approximate surface area is 113 Å². The first-order valence-corrected chi connectivity index (χ1v) is 6.45. The molecule has 1 heterocycles. The summed E-state index contributed by atoms with van der Waals surface area (Å²) in [5.74, 6) is 0.910. The van der Waals surface area contributed by atoms with E-state index in [0.717, 1.165) is 22.8 Å². The number of hydrogen-bond donors (Lipinski definition) is 0. The third kappa shape index (κ3) is 3.71. The van der Waals surface area contributed by atoms with Crippen LogP contribution in [0.5, 0.6) is 0 Å². The molecule has 3 heteroatoms. The molecule has 0 amide bonds. The fourth-order valence-corrected chi connectivity index (χ4v) is 1.90. The molecular weight excluding hydrogens is 236 g/mol. The number of aromatic nitrogens is 2. The number of rotatable bonds is 4. The minimum Gasteiger partial charge on any atom is -0.300 e. The molecule has 1 aromatic carbocycles. The molecule has 0 saturated carbocycles. The van der Waals surface area contributed by atoms with Gasteiger partial charge in [0.15, 0.2) is 0 Å². The van der Waals surface area contributed by atoms with Crippen LogP contribution in [0.25, 0.3) is 11.3 Å². The van der Waals surface area contributed by atoms with Crippen LogP contribution in [0.4, 0.5) is 0 Å². The van der Waals surface area contributed by atoms with Crippen molar-refractivity contribution in [2.24, 2.45) is 0 Å². The van der Waals surface area contributed by atoms with Crippen LogP contribution in [0.2, 0.25) is 0 Å². The predicted molar refractivity (Wildman–Crippen MR) is 75.9 cm³/mol. The van der Waals surface area contributed by atoms with Gasteiger partial charge in [-0.2, -0.15) is 0 Å². The number of nitrogens with zero attached hydrogens (tertiary/aromatic N) is 2. The lowest BCUT2D eigenvalue weighted by Gasteiger charge is -2.06. The van der Waals surface area contributed by atoms with Crippen molar-refractivity contribution in [3.63, 3.8) is 0 Å². The van der Waals surface area contributed by atoms with Crippen LogP contribution in [-0.2, 0) is 11.2 Å². The minimum atomic E-state index is 0.169. The average Bonchev–Trinajstić information content (AvgIpc) is 2.36. The molecule has 98 valence electrons. The van der Waals surface area contributed by atoms with Crippen molar-refractivity contribution in [3.05, 3.63) is 47.4 Å². The fraction of sp³-hybridized carbons (Fsp3) is 0.312. The van der Waals surface area contributed by atoms with E-state index < -0.39 is 0 Å². The van der Waals surface area contributed by atoms with E-state index in [2.05, 4.69) is 41.2 Å². The fourth-order valence-electron chi connectivity index (χ4n) is 1.90. The molecule has 3 nitrogen and oxygen atoms in total. The van der Waals surface area contributed by atoms with Crippen LogP contribution < -0.4 is 0 Å². The number of carbonyl (C=O) groups is 1. The third-order valence-electron chi connectivity index (χ3n) is 2.95. The van der Waals surface area contributed by atoms with Crippen molar-refractivity contribution in [2.75, 3.05) is 0 Å². The molecule has 0 unspecified atom stereocenters. The molecule has 0 atom stereocenters. The van der Waals surface area contributed by atoms with Gasteiger partial charge in [0, 0.05) is 24.1 Å². The molecule has 0 bridgehead atoms. The Morgan fingerprint density at radius 2 is 1.79 bits per heavy atom. The lowest BCUT2D eigenvalue weighted by Crippen LogP contribution is -2.02. The van der Waals surface area contributed by atoms with Crippen LogP contribution in [0, 0.1) is 13.8 Å². The largest absolute Gasteiger partial charge is 0.300 e. The molecule has 0 aliphatic rings. The summed E-state index contributed by atoms with van der Waals surface area (Å²) in [5, 5.41) is 0. The molecule has 0 aliphatic carbocycles. The molecule has 0 radical (unpaired) electrons. The number of benzene rings is 1. The van der Waals surface area contributed by atoms with Crippen molar-refractivity contribution in [1.29, 1.82) is 0 Å². The van der Waals surface area contributed by atoms with E-state index >= 15 is 0 Å². The molecule has 19 heavy (non-hydrogen) atoms. The van der Waals surface area contributed by atoms with E-state index in [0.29, 0.717) is 12.8 Å². The van der Waals surface area contributed by atoms with Crippen molar-refractivity contribution < 1.29 is 4.79 Å². The first-order valence-electron chi connectivity index (χ1n) is 6.45. The van der Waals surface area contributed by atoms with Gasteiger partial charge in [0.2, 0.25) is 0 Å². The first-order chi connectivity index (χ1) is 9.04. The molecule has 2 rings (SSSR count). The molecule has 0 saturated heterocycles. The van der Waals surface area contributed by atoms with E-state index in [4.69, 9.17) is 0 Å². The Bertz CT molecular complexity index is 588. The highest BCUT2D eigenvalue weighted by atomic mass is 16.1. The Kier molecular flexibility index (Phi) is 4.05. The second kappa shape index (κ2) is 5.74. The molecule has 0 aliphatic heterocycles. The summed E-state index contributed by atoms with van der Waals surface area (Å²) < 4.78 is 0. The number of aryl methyl sites for hydroxylation is 3. The van der Waals surface area contributed by atoms with Crippen molar-refractivity contribution >= 4 is 5.78 Å². The van der Waals surface area contributed by atoms with Gasteiger partial charge in [0.25, 0.3) is 0 Å². The number of Topliss-reactive ketones (excluding diaryl/α,β-unsaturated/α-hetero) is 1.